The van der Waals surface area contributed by atoms with Gasteiger partial charge in [-0.1, -0.05) is 18.5 Å². The maximum absolute atomic E-state index is 12.4. The van der Waals surface area contributed by atoms with Crippen LogP contribution in [0, 0.1) is 5.92 Å². The van der Waals surface area contributed by atoms with Crippen molar-refractivity contribution in [2.45, 2.75) is 39.2 Å². The molecule has 1 aromatic heterocycles. The minimum atomic E-state index is -3.50. The van der Waals surface area contributed by atoms with E-state index in [0.717, 1.165) is 31.4 Å². The van der Waals surface area contributed by atoms with Gasteiger partial charge in [-0.3, -0.25) is 0 Å². The van der Waals surface area contributed by atoms with E-state index >= 15 is 0 Å². The number of hydrogen-bond acceptors (Lipinski definition) is 5. The van der Waals surface area contributed by atoms with Gasteiger partial charge >= 0.3 is 0 Å². The first-order valence-electron chi connectivity index (χ1n) is 7.73. The van der Waals surface area contributed by atoms with Crippen LogP contribution < -0.4 is 4.72 Å². The SMILES string of the molecule is CCCc1cc(CNS(=O)(=O)N2CCC[C@@H](COC)C2)on1. The molecule has 2 heterocycles. The number of hydrogen-bond donors (Lipinski definition) is 1. The third-order valence-electron chi connectivity index (χ3n) is 3.77. The first-order valence-corrected chi connectivity index (χ1v) is 9.17. The Balaban J connectivity index is 1.89. The van der Waals surface area contributed by atoms with Crippen LogP contribution in [0.25, 0.3) is 0 Å². The number of piperidine rings is 1. The van der Waals surface area contributed by atoms with Gasteiger partial charge in [0, 0.05) is 26.3 Å². The highest BCUT2D eigenvalue weighted by atomic mass is 32.2. The molecule has 126 valence electrons. The van der Waals surface area contributed by atoms with E-state index in [-0.39, 0.29) is 12.5 Å². The van der Waals surface area contributed by atoms with Gasteiger partial charge in [0.1, 0.15) is 0 Å². The predicted octanol–water partition coefficient (Wildman–Crippen LogP) is 1.32. The number of methoxy groups -OCH3 is 1. The summed E-state index contributed by atoms with van der Waals surface area (Å²) in [6.07, 6.45) is 3.67. The molecule has 0 amide bonds. The molecule has 7 nitrogen and oxygen atoms in total. The van der Waals surface area contributed by atoms with Crippen molar-refractivity contribution in [1.29, 1.82) is 0 Å². The molecule has 0 unspecified atom stereocenters. The molecule has 0 spiro atoms. The molecule has 0 radical (unpaired) electrons. The van der Waals surface area contributed by atoms with Crippen molar-refractivity contribution in [1.82, 2.24) is 14.2 Å². The minimum Gasteiger partial charge on any atom is -0.384 e. The number of aryl methyl sites for hydroxylation is 1. The molecule has 1 aliphatic heterocycles. The number of nitrogens with zero attached hydrogens (tertiary/aromatic N) is 2. The normalized spacial score (nSPS) is 20.4. The quantitative estimate of drug-likeness (QED) is 0.776. The van der Waals surface area contributed by atoms with E-state index in [4.69, 9.17) is 9.26 Å². The Bertz CT molecular complexity index is 556. The first kappa shape index (κ1) is 17.4. The predicted molar refractivity (Wildman–Crippen MR) is 82.4 cm³/mol. The zero-order chi connectivity index (χ0) is 16.0. The molecule has 0 saturated carbocycles. The Morgan fingerprint density at radius 2 is 2.36 bits per heavy atom. The topological polar surface area (TPSA) is 84.7 Å². The largest absolute Gasteiger partial charge is 0.384 e. The lowest BCUT2D eigenvalue weighted by Gasteiger charge is -2.31. The van der Waals surface area contributed by atoms with Crippen molar-refractivity contribution < 1.29 is 17.7 Å². The highest BCUT2D eigenvalue weighted by molar-refractivity contribution is 7.87. The molecule has 1 aliphatic rings. The molecule has 1 aromatic rings. The fraction of sp³-hybridized carbons (Fsp3) is 0.786. The van der Waals surface area contributed by atoms with Crippen LogP contribution in [0.1, 0.15) is 37.6 Å². The lowest BCUT2D eigenvalue weighted by atomic mass is 10.0. The fourth-order valence-electron chi connectivity index (χ4n) is 2.68. The van der Waals surface area contributed by atoms with E-state index in [9.17, 15) is 8.42 Å². The molecule has 8 heteroatoms. The standard InChI is InChI=1S/C14H25N3O4S/c1-3-5-13-8-14(21-16-13)9-15-22(18,19)17-7-4-6-12(10-17)11-20-2/h8,12,15H,3-7,9-11H2,1-2H3/t12-/m1/s1. The van der Waals surface area contributed by atoms with E-state index in [1.165, 1.54) is 4.31 Å². The number of aromatic nitrogens is 1. The van der Waals surface area contributed by atoms with Gasteiger partial charge in [-0.15, -0.1) is 0 Å². The third-order valence-corrected chi connectivity index (χ3v) is 5.29. The molecular weight excluding hydrogens is 306 g/mol. The van der Waals surface area contributed by atoms with Crippen LogP contribution in [0.2, 0.25) is 0 Å². The third kappa shape index (κ3) is 4.77. The summed E-state index contributed by atoms with van der Waals surface area (Å²) in [4.78, 5) is 0. The second kappa shape index (κ2) is 8.05. The van der Waals surface area contributed by atoms with Crippen molar-refractivity contribution in [3.05, 3.63) is 17.5 Å². The van der Waals surface area contributed by atoms with Crippen LogP contribution in [0.3, 0.4) is 0 Å². The summed E-state index contributed by atoms with van der Waals surface area (Å²) in [5.74, 6) is 0.800. The van der Waals surface area contributed by atoms with Gasteiger partial charge < -0.3 is 9.26 Å². The van der Waals surface area contributed by atoms with Gasteiger partial charge in [-0.25, -0.2) is 0 Å². The average Bonchev–Trinajstić information content (AvgIpc) is 2.94. The lowest BCUT2D eigenvalue weighted by Crippen LogP contribution is -2.46. The lowest BCUT2D eigenvalue weighted by molar-refractivity contribution is 0.118. The Labute approximate surface area is 132 Å². The molecule has 2 rings (SSSR count). The highest BCUT2D eigenvalue weighted by Crippen LogP contribution is 2.19. The number of rotatable bonds is 8. The van der Waals surface area contributed by atoms with Crippen molar-refractivity contribution in [3.63, 3.8) is 0 Å². The van der Waals surface area contributed by atoms with Crippen LogP contribution >= 0.6 is 0 Å². The molecule has 1 fully saturated rings. The summed E-state index contributed by atoms with van der Waals surface area (Å²) < 4.78 is 39.1. The van der Waals surface area contributed by atoms with Gasteiger partial charge in [0.25, 0.3) is 10.2 Å². The van der Waals surface area contributed by atoms with Crippen molar-refractivity contribution in [2.24, 2.45) is 5.92 Å². The Morgan fingerprint density at radius 1 is 1.55 bits per heavy atom. The van der Waals surface area contributed by atoms with Gasteiger partial charge in [0.05, 0.1) is 18.8 Å². The highest BCUT2D eigenvalue weighted by Gasteiger charge is 2.28. The summed E-state index contributed by atoms with van der Waals surface area (Å²) in [6.45, 7) is 3.83. The maximum atomic E-state index is 12.4. The zero-order valence-corrected chi connectivity index (χ0v) is 14.1. The van der Waals surface area contributed by atoms with Crippen LogP contribution in [0.15, 0.2) is 10.6 Å². The second-order valence-corrected chi connectivity index (χ2v) is 7.44. The smallest absolute Gasteiger partial charge is 0.279 e. The van der Waals surface area contributed by atoms with Crippen molar-refractivity contribution >= 4 is 10.2 Å². The summed E-state index contributed by atoms with van der Waals surface area (Å²) in [6, 6.07) is 1.80. The first-order chi connectivity index (χ1) is 10.5. The van der Waals surface area contributed by atoms with Crippen molar-refractivity contribution in [3.8, 4) is 0 Å². The van der Waals surface area contributed by atoms with E-state index in [1.54, 1.807) is 13.2 Å². The molecule has 22 heavy (non-hydrogen) atoms. The molecule has 0 bridgehead atoms. The van der Waals surface area contributed by atoms with Crippen LogP contribution in [0.5, 0.6) is 0 Å². The Kier molecular flexibility index (Phi) is 6.37. The molecule has 1 saturated heterocycles. The Morgan fingerprint density at radius 3 is 3.09 bits per heavy atom. The minimum absolute atomic E-state index is 0.129. The van der Waals surface area contributed by atoms with Crippen LogP contribution in [-0.4, -0.2) is 44.7 Å². The summed E-state index contributed by atoms with van der Waals surface area (Å²) in [7, 11) is -1.85. The van der Waals surface area contributed by atoms with E-state index in [0.29, 0.717) is 25.5 Å². The summed E-state index contributed by atoms with van der Waals surface area (Å²) in [5, 5.41) is 3.92. The van der Waals surface area contributed by atoms with Gasteiger partial charge in [0.2, 0.25) is 0 Å². The molecular formula is C14H25N3O4S. The maximum Gasteiger partial charge on any atom is 0.279 e. The number of ether oxygens (including phenoxy) is 1. The fourth-order valence-corrected chi connectivity index (χ4v) is 3.97. The van der Waals surface area contributed by atoms with E-state index in [1.807, 2.05) is 0 Å². The van der Waals surface area contributed by atoms with Crippen LogP contribution in [0.4, 0.5) is 0 Å². The van der Waals surface area contributed by atoms with E-state index < -0.39 is 10.2 Å². The van der Waals surface area contributed by atoms with Gasteiger partial charge in [0.15, 0.2) is 5.76 Å². The molecule has 0 aromatic carbocycles. The monoisotopic (exact) mass is 331 g/mol. The Hall–Kier alpha value is -0.960. The molecule has 1 N–H and O–H groups in total. The second-order valence-electron chi connectivity index (χ2n) is 5.68. The van der Waals surface area contributed by atoms with Crippen LogP contribution in [-0.2, 0) is 27.9 Å². The zero-order valence-electron chi connectivity index (χ0n) is 13.2. The van der Waals surface area contributed by atoms with Crippen molar-refractivity contribution in [2.75, 3.05) is 26.8 Å². The van der Waals surface area contributed by atoms with Gasteiger partial charge in [-0.2, -0.15) is 17.4 Å². The van der Waals surface area contributed by atoms with E-state index in [2.05, 4.69) is 16.8 Å². The average molecular weight is 331 g/mol. The summed E-state index contributed by atoms with van der Waals surface area (Å²) in [5.41, 5.74) is 0.856. The van der Waals surface area contributed by atoms with Gasteiger partial charge in [-0.05, 0) is 25.2 Å². The number of nitrogens with one attached hydrogen (secondary N) is 1. The molecule has 1 atom stereocenters. The summed E-state index contributed by atoms with van der Waals surface area (Å²) >= 11 is 0. The molecule has 0 aliphatic carbocycles.